The first-order valence-corrected chi connectivity index (χ1v) is 12.7. The van der Waals surface area contributed by atoms with E-state index in [1.54, 1.807) is 5.06 Å². The summed E-state index contributed by atoms with van der Waals surface area (Å²) < 4.78 is 7.01. The zero-order valence-corrected chi connectivity index (χ0v) is 20.0. The number of hydrogen-bond acceptors (Lipinski definition) is 6. The second kappa shape index (κ2) is 8.12. The number of benzene rings is 2. The van der Waals surface area contributed by atoms with Crippen molar-refractivity contribution in [3.05, 3.63) is 53.6 Å². The van der Waals surface area contributed by atoms with E-state index in [1.807, 2.05) is 7.05 Å². The number of rotatable bonds is 3. The van der Waals surface area contributed by atoms with E-state index in [4.69, 9.17) is 20.3 Å². The summed E-state index contributed by atoms with van der Waals surface area (Å²) in [7, 11) is 1.84. The maximum absolute atomic E-state index is 7.01. The van der Waals surface area contributed by atoms with Crippen molar-refractivity contribution in [2.75, 3.05) is 7.05 Å². The van der Waals surface area contributed by atoms with Gasteiger partial charge < -0.3 is 10.5 Å². The first kappa shape index (κ1) is 21.7. The Bertz CT molecular complexity index is 1140. The Morgan fingerprint density at radius 2 is 1.94 bits per heavy atom. The number of hydroxylamine groups is 2. The number of guanidine groups is 1. The molecule has 4 aliphatic rings. The molecule has 0 saturated heterocycles. The number of hydrogen-bond donors (Lipinski definition) is 1. The minimum absolute atomic E-state index is 0.248. The van der Waals surface area contributed by atoms with E-state index in [2.05, 4.69) is 54.2 Å². The van der Waals surface area contributed by atoms with Gasteiger partial charge in [-0.25, -0.2) is 14.9 Å². The van der Waals surface area contributed by atoms with Crippen molar-refractivity contribution in [1.82, 2.24) is 5.06 Å². The Morgan fingerprint density at radius 1 is 1.12 bits per heavy atom. The summed E-state index contributed by atoms with van der Waals surface area (Å²) in [5, 5.41) is 1.62. The minimum Gasteiger partial charge on any atom is -0.486 e. The Morgan fingerprint density at radius 3 is 2.76 bits per heavy atom. The third-order valence-electron chi connectivity index (χ3n) is 8.47. The fraction of sp³-hybridized carbons (Fsp3) is 0.500. The van der Waals surface area contributed by atoms with Crippen LogP contribution < -0.4 is 10.5 Å². The average Bonchev–Trinajstić information content (AvgIpc) is 3.12. The van der Waals surface area contributed by atoms with Crippen LogP contribution in [0.1, 0.15) is 62.5 Å². The van der Waals surface area contributed by atoms with Crippen LogP contribution >= 0.6 is 0 Å². The van der Waals surface area contributed by atoms with E-state index in [0.717, 1.165) is 40.3 Å². The molecule has 2 fully saturated rings. The molecule has 0 aromatic heterocycles. The summed E-state index contributed by atoms with van der Waals surface area (Å²) in [5.74, 6) is 2.59. The third-order valence-corrected chi connectivity index (χ3v) is 8.47. The Labute approximate surface area is 201 Å². The molecule has 0 bridgehead atoms. The summed E-state index contributed by atoms with van der Waals surface area (Å²) in [4.78, 5) is 15.5. The normalized spacial score (nSPS) is 32.1. The van der Waals surface area contributed by atoms with Gasteiger partial charge in [0.25, 0.3) is 0 Å². The van der Waals surface area contributed by atoms with Gasteiger partial charge >= 0.3 is 0 Å². The molecule has 6 heteroatoms. The van der Waals surface area contributed by atoms with Gasteiger partial charge in [0.15, 0.2) is 0 Å². The second-order valence-electron chi connectivity index (χ2n) is 10.5. The molecular weight excluding hydrogens is 424 g/mol. The summed E-state index contributed by atoms with van der Waals surface area (Å²) in [6.45, 7) is 4.24. The molecule has 34 heavy (non-hydrogen) atoms. The van der Waals surface area contributed by atoms with Gasteiger partial charge in [-0.15, -0.1) is 0 Å². The van der Waals surface area contributed by atoms with Crippen molar-refractivity contribution in [2.45, 2.75) is 69.2 Å². The number of ether oxygens (including phenoxy) is 1. The topological polar surface area (TPSA) is 72.4 Å². The van der Waals surface area contributed by atoms with Crippen LogP contribution in [-0.2, 0) is 17.1 Å². The molecule has 0 radical (unpaired) electrons. The molecular formula is C28H34N4O2. The summed E-state index contributed by atoms with van der Waals surface area (Å²) in [5.41, 5.74) is 9.54. The fourth-order valence-electron chi connectivity index (χ4n) is 7.01. The zero-order valence-electron chi connectivity index (χ0n) is 20.0. The Kier molecular flexibility index (Phi) is 5.17. The molecule has 2 saturated carbocycles. The SMILES string of the molecule is C=NCc1cccc(-c2ccc3c(c2)C2(CC4(CCCC5CCCCC54)O3)N=C(N)N(C)O2)c1. The molecule has 2 aliphatic carbocycles. The van der Waals surface area contributed by atoms with Crippen molar-refractivity contribution >= 4 is 12.7 Å². The maximum Gasteiger partial charge on any atom is 0.222 e. The molecule has 2 aromatic carbocycles. The number of nitrogens with two attached hydrogens (primary N) is 1. The highest BCUT2D eigenvalue weighted by Gasteiger charge is 2.59. The standard InChI is InChI=1S/C28H34N4O2/c1-30-17-19-7-5-9-21(15-19)22-12-13-25-24(16-22)28(31-26(29)32(2)34-28)18-27(33-25)14-6-10-20-8-3-4-11-23(20)27/h5,7,9,12-13,15-16,20,23H,1,3-4,6,8,10-11,14,17-18H2,2H3,(H2,29,31). The van der Waals surface area contributed by atoms with Gasteiger partial charge in [0.2, 0.25) is 11.7 Å². The largest absolute Gasteiger partial charge is 0.486 e. The Balaban J connectivity index is 1.46. The van der Waals surface area contributed by atoms with Crippen LogP contribution in [0.25, 0.3) is 11.1 Å². The first-order chi connectivity index (χ1) is 16.5. The zero-order chi connectivity index (χ0) is 23.3. The predicted octanol–water partition coefficient (Wildman–Crippen LogP) is 5.41. The smallest absolute Gasteiger partial charge is 0.222 e. The lowest BCUT2D eigenvalue weighted by Crippen LogP contribution is -2.57. The van der Waals surface area contributed by atoms with Crippen LogP contribution in [0.4, 0.5) is 0 Å². The van der Waals surface area contributed by atoms with Crippen LogP contribution in [0.3, 0.4) is 0 Å². The van der Waals surface area contributed by atoms with Crippen LogP contribution in [-0.4, -0.2) is 30.4 Å². The fourth-order valence-corrected chi connectivity index (χ4v) is 7.01. The highest BCUT2D eigenvalue weighted by Crippen LogP contribution is 2.58. The molecule has 2 N–H and O–H groups in total. The highest BCUT2D eigenvalue weighted by molar-refractivity contribution is 5.79. The molecule has 4 unspecified atom stereocenters. The van der Waals surface area contributed by atoms with Crippen LogP contribution in [0.5, 0.6) is 5.75 Å². The lowest BCUT2D eigenvalue weighted by Gasteiger charge is -2.54. The predicted molar refractivity (Wildman–Crippen MR) is 135 cm³/mol. The molecule has 4 atom stereocenters. The van der Waals surface area contributed by atoms with Crippen molar-refractivity contribution < 1.29 is 9.57 Å². The Hall–Kier alpha value is -2.86. The average molecular weight is 459 g/mol. The summed E-state index contributed by atoms with van der Waals surface area (Å²) in [6, 6.07) is 14.9. The number of fused-ring (bicyclic) bond motifs is 4. The van der Waals surface area contributed by atoms with Gasteiger partial charge in [-0.2, -0.15) is 0 Å². The van der Waals surface area contributed by atoms with Crippen molar-refractivity contribution in [3.8, 4) is 16.9 Å². The molecule has 2 spiro atoms. The third kappa shape index (κ3) is 3.42. The van der Waals surface area contributed by atoms with Gasteiger partial charge in [0.05, 0.1) is 12.1 Å². The van der Waals surface area contributed by atoms with Gasteiger partial charge in [0.1, 0.15) is 11.4 Å². The van der Waals surface area contributed by atoms with E-state index < -0.39 is 5.72 Å². The summed E-state index contributed by atoms with van der Waals surface area (Å²) in [6.07, 6.45) is 9.45. The van der Waals surface area contributed by atoms with Crippen molar-refractivity contribution in [1.29, 1.82) is 0 Å². The van der Waals surface area contributed by atoms with Crippen molar-refractivity contribution in [3.63, 3.8) is 0 Å². The molecule has 2 heterocycles. The van der Waals surface area contributed by atoms with Crippen molar-refractivity contribution in [2.24, 2.45) is 27.6 Å². The summed E-state index contributed by atoms with van der Waals surface area (Å²) >= 11 is 0. The van der Waals surface area contributed by atoms with Gasteiger partial charge in [0, 0.05) is 19.4 Å². The molecule has 0 amide bonds. The second-order valence-corrected chi connectivity index (χ2v) is 10.5. The minimum atomic E-state index is -0.845. The van der Waals surface area contributed by atoms with E-state index in [9.17, 15) is 0 Å². The van der Waals surface area contributed by atoms with E-state index in [-0.39, 0.29) is 5.60 Å². The lowest BCUT2D eigenvalue weighted by atomic mass is 9.60. The van der Waals surface area contributed by atoms with E-state index in [1.165, 1.54) is 38.5 Å². The molecule has 178 valence electrons. The quantitative estimate of drug-likeness (QED) is 0.624. The number of aliphatic imine (C=N–C) groups is 2. The molecule has 2 aliphatic heterocycles. The van der Waals surface area contributed by atoms with E-state index in [0.29, 0.717) is 24.8 Å². The monoisotopic (exact) mass is 458 g/mol. The molecule has 2 aromatic rings. The van der Waals surface area contributed by atoms with Gasteiger partial charge in [-0.3, -0.25) is 4.99 Å². The molecule has 6 rings (SSSR count). The lowest BCUT2D eigenvalue weighted by molar-refractivity contribution is -0.220. The van der Waals surface area contributed by atoms with Crippen LogP contribution in [0, 0.1) is 11.8 Å². The number of nitrogens with zero attached hydrogens (tertiary/aromatic N) is 3. The van der Waals surface area contributed by atoms with Crippen LogP contribution in [0.2, 0.25) is 0 Å². The highest BCUT2D eigenvalue weighted by atomic mass is 16.7. The first-order valence-electron chi connectivity index (χ1n) is 12.7. The van der Waals surface area contributed by atoms with Gasteiger partial charge in [-0.1, -0.05) is 43.5 Å². The van der Waals surface area contributed by atoms with E-state index >= 15 is 0 Å². The van der Waals surface area contributed by atoms with Crippen LogP contribution in [0.15, 0.2) is 52.4 Å². The molecule has 6 nitrogen and oxygen atoms in total. The van der Waals surface area contributed by atoms with Gasteiger partial charge in [-0.05, 0) is 73.2 Å². The maximum atomic E-state index is 7.01.